The van der Waals surface area contributed by atoms with Crippen molar-refractivity contribution in [1.82, 2.24) is 5.32 Å². The van der Waals surface area contributed by atoms with Gasteiger partial charge in [0.1, 0.15) is 5.75 Å². The molecule has 0 fully saturated rings. The first-order valence-electron chi connectivity index (χ1n) is 7.27. The molecule has 0 heterocycles. The van der Waals surface area contributed by atoms with E-state index in [0.29, 0.717) is 26.2 Å². The predicted octanol–water partition coefficient (Wildman–Crippen LogP) is 2.70. The van der Waals surface area contributed by atoms with Gasteiger partial charge in [-0.05, 0) is 38.3 Å². The minimum atomic E-state index is 0.0786. The fourth-order valence-corrected chi connectivity index (χ4v) is 1.77. The average molecular weight is 279 g/mol. The Morgan fingerprint density at radius 2 is 2.00 bits per heavy atom. The highest BCUT2D eigenvalue weighted by Crippen LogP contribution is 2.16. The van der Waals surface area contributed by atoms with Gasteiger partial charge in [-0.15, -0.1) is 0 Å². The number of rotatable bonds is 10. The molecule has 0 saturated carbocycles. The molecule has 112 valence electrons. The van der Waals surface area contributed by atoms with Crippen LogP contribution in [0, 0.1) is 6.92 Å². The van der Waals surface area contributed by atoms with E-state index in [-0.39, 0.29) is 5.91 Å². The molecular weight excluding hydrogens is 254 g/mol. The zero-order chi connectivity index (χ0) is 14.6. The summed E-state index contributed by atoms with van der Waals surface area (Å²) < 4.78 is 10.8. The van der Waals surface area contributed by atoms with Crippen molar-refractivity contribution in [2.45, 2.75) is 33.1 Å². The van der Waals surface area contributed by atoms with E-state index >= 15 is 0 Å². The Kier molecular flexibility index (Phi) is 8.47. The molecule has 4 heteroatoms. The number of benzene rings is 1. The third-order valence-corrected chi connectivity index (χ3v) is 2.89. The number of aryl methyl sites for hydroxylation is 1. The smallest absolute Gasteiger partial charge is 0.220 e. The largest absolute Gasteiger partial charge is 0.493 e. The average Bonchev–Trinajstić information content (AvgIpc) is 2.45. The molecule has 1 amide bonds. The summed E-state index contributed by atoms with van der Waals surface area (Å²) in [4.78, 5) is 11.5. The van der Waals surface area contributed by atoms with Crippen LogP contribution < -0.4 is 10.1 Å². The van der Waals surface area contributed by atoms with Gasteiger partial charge in [0.2, 0.25) is 5.91 Å². The van der Waals surface area contributed by atoms with E-state index in [1.165, 1.54) is 0 Å². The highest BCUT2D eigenvalue weighted by Gasteiger charge is 2.02. The Morgan fingerprint density at radius 1 is 1.20 bits per heavy atom. The van der Waals surface area contributed by atoms with Gasteiger partial charge in [-0.2, -0.15) is 0 Å². The van der Waals surface area contributed by atoms with Crippen LogP contribution >= 0.6 is 0 Å². The highest BCUT2D eigenvalue weighted by atomic mass is 16.5. The normalized spacial score (nSPS) is 10.3. The molecule has 1 N–H and O–H groups in total. The first kappa shape index (κ1) is 16.5. The van der Waals surface area contributed by atoms with E-state index in [9.17, 15) is 4.79 Å². The van der Waals surface area contributed by atoms with Crippen LogP contribution in [0.1, 0.15) is 31.7 Å². The minimum absolute atomic E-state index is 0.0786. The Labute approximate surface area is 121 Å². The van der Waals surface area contributed by atoms with Crippen molar-refractivity contribution in [3.63, 3.8) is 0 Å². The van der Waals surface area contributed by atoms with Crippen LogP contribution in [0.15, 0.2) is 24.3 Å². The van der Waals surface area contributed by atoms with Crippen molar-refractivity contribution >= 4 is 5.91 Å². The van der Waals surface area contributed by atoms with Crippen molar-refractivity contribution < 1.29 is 14.3 Å². The van der Waals surface area contributed by atoms with Gasteiger partial charge in [-0.3, -0.25) is 4.79 Å². The number of nitrogens with one attached hydrogen (secondary N) is 1. The molecule has 1 aromatic rings. The van der Waals surface area contributed by atoms with Gasteiger partial charge in [0.15, 0.2) is 0 Å². The summed E-state index contributed by atoms with van der Waals surface area (Å²) in [6.45, 7) is 6.65. The maximum Gasteiger partial charge on any atom is 0.220 e. The Bertz CT molecular complexity index is 393. The lowest BCUT2D eigenvalue weighted by Crippen LogP contribution is -2.25. The summed E-state index contributed by atoms with van der Waals surface area (Å²) in [5.41, 5.74) is 1.12. The number of hydrogen-bond acceptors (Lipinski definition) is 3. The van der Waals surface area contributed by atoms with Crippen LogP contribution in [0.2, 0.25) is 0 Å². The van der Waals surface area contributed by atoms with Gasteiger partial charge in [0.25, 0.3) is 0 Å². The van der Waals surface area contributed by atoms with Crippen molar-refractivity contribution in [1.29, 1.82) is 0 Å². The van der Waals surface area contributed by atoms with Crippen LogP contribution in [-0.4, -0.2) is 32.3 Å². The molecule has 0 atom stereocenters. The zero-order valence-electron chi connectivity index (χ0n) is 12.5. The lowest BCUT2D eigenvalue weighted by atomic mass is 10.2. The molecule has 1 rings (SSSR count). The minimum Gasteiger partial charge on any atom is -0.493 e. The zero-order valence-corrected chi connectivity index (χ0v) is 12.5. The number of amides is 1. The van der Waals surface area contributed by atoms with Crippen LogP contribution in [-0.2, 0) is 9.53 Å². The Hall–Kier alpha value is -1.55. The Morgan fingerprint density at radius 3 is 2.75 bits per heavy atom. The molecule has 0 aliphatic carbocycles. The maximum absolute atomic E-state index is 11.5. The van der Waals surface area contributed by atoms with Gasteiger partial charge in [-0.25, -0.2) is 0 Å². The van der Waals surface area contributed by atoms with Crippen molar-refractivity contribution in [3.05, 3.63) is 29.8 Å². The molecule has 0 aliphatic rings. The van der Waals surface area contributed by atoms with E-state index in [2.05, 4.69) is 5.32 Å². The number of hydrogen-bond donors (Lipinski definition) is 1. The van der Waals surface area contributed by atoms with E-state index in [0.717, 1.165) is 30.8 Å². The van der Waals surface area contributed by atoms with Crippen molar-refractivity contribution in [2.24, 2.45) is 0 Å². The number of carbonyl (C=O) groups is 1. The summed E-state index contributed by atoms with van der Waals surface area (Å²) >= 11 is 0. The van der Waals surface area contributed by atoms with Crippen molar-refractivity contribution in [2.75, 3.05) is 26.4 Å². The van der Waals surface area contributed by atoms with Crippen LogP contribution in [0.4, 0.5) is 0 Å². The molecular formula is C16H25NO3. The summed E-state index contributed by atoms with van der Waals surface area (Å²) in [7, 11) is 0. The molecule has 4 nitrogen and oxygen atoms in total. The molecule has 0 aromatic heterocycles. The lowest BCUT2D eigenvalue weighted by molar-refractivity contribution is -0.121. The second-order valence-electron chi connectivity index (χ2n) is 4.62. The topological polar surface area (TPSA) is 47.6 Å². The molecule has 0 spiro atoms. The van der Waals surface area contributed by atoms with E-state index in [1.807, 2.05) is 38.1 Å². The van der Waals surface area contributed by atoms with Crippen LogP contribution in [0.25, 0.3) is 0 Å². The fourth-order valence-electron chi connectivity index (χ4n) is 1.77. The van der Waals surface area contributed by atoms with E-state index in [1.54, 1.807) is 0 Å². The van der Waals surface area contributed by atoms with Gasteiger partial charge >= 0.3 is 0 Å². The van der Waals surface area contributed by atoms with Crippen LogP contribution in [0.5, 0.6) is 5.75 Å². The van der Waals surface area contributed by atoms with Gasteiger partial charge < -0.3 is 14.8 Å². The second kappa shape index (κ2) is 10.3. The molecule has 20 heavy (non-hydrogen) atoms. The maximum atomic E-state index is 11.5. The quantitative estimate of drug-likeness (QED) is 0.670. The molecule has 0 radical (unpaired) electrons. The number of para-hydroxylation sites is 1. The number of ether oxygens (including phenoxy) is 2. The number of carbonyl (C=O) groups excluding carboxylic acids is 1. The van der Waals surface area contributed by atoms with Gasteiger partial charge in [-0.1, -0.05) is 18.2 Å². The Balaban J connectivity index is 2.03. The van der Waals surface area contributed by atoms with Gasteiger partial charge in [0.05, 0.1) is 6.61 Å². The van der Waals surface area contributed by atoms with E-state index in [4.69, 9.17) is 9.47 Å². The third kappa shape index (κ3) is 7.14. The SMILES string of the molecule is CCOCCCNC(=O)CCCOc1ccccc1C. The standard InChI is InChI=1S/C16H25NO3/c1-3-19-12-7-11-17-16(18)10-6-13-20-15-9-5-4-8-14(15)2/h4-5,8-9H,3,6-7,10-13H2,1-2H3,(H,17,18). The first-order chi connectivity index (χ1) is 9.74. The molecule has 0 unspecified atom stereocenters. The molecule has 0 aliphatic heterocycles. The summed E-state index contributed by atoms with van der Waals surface area (Å²) in [5, 5.41) is 2.88. The van der Waals surface area contributed by atoms with Crippen LogP contribution in [0.3, 0.4) is 0 Å². The van der Waals surface area contributed by atoms with E-state index < -0.39 is 0 Å². The summed E-state index contributed by atoms with van der Waals surface area (Å²) in [5.74, 6) is 0.972. The first-order valence-corrected chi connectivity index (χ1v) is 7.27. The van der Waals surface area contributed by atoms with Gasteiger partial charge in [0, 0.05) is 26.2 Å². The lowest BCUT2D eigenvalue weighted by Gasteiger charge is -2.09. The molecule has 1 aromatic carbocycles. The second-order valence-corrected chi connectivity index (χ2v) is 4.62. The molecule has 0 bridgehead atoms. The predicted molar refractivity (Wildman–Crippen MR) is 80.0 cm³/mol. The third-order valence-electron chi connectivity index (χ3n) is 2.89. The fraction of sp³-hybridized carbons (Fsp3) is 0.562. The molecule has 0 saturated heterocycles. The summed E-state index contributed by atoms with van der Waals surface area (Å²) in [6.07, 6.45) is 2.09. The monoisotopic (exact) mass is 279 g/mol. The highest BCUT2D eigenvalue weighted by molar-refractivity contribution is 5.75. The summed E-state index contributed by atoms with van der Waals surface area (Å²) in [6, 6.07) is 7.90. The van der Waals surface area contributed by atoms with Crippen molar-refractivity contribution in [3.8, 4) is 5.75 Å².